The lowest BCUT2D eigenvalue weighted by molar-refractivity contribution is 0.446. The summed E-state index contributed by atoms with van der Waals surface area (Å²) in [6.45, 7) is 0. The van der Waals surface area contributed by atoms with E-state index in [1.165, 1.54) is 0 Å². The lowest BCUT2D eigenvalue weighted by atomic mass is 10.1. The van der Waals surface area contributed by atoms with E-state index >= 15 is 0 Å². The largest absolute Gasteiger partial charge is 0.416 e. The van der Waals surface area contributed by atoms with E-state index in [-0.39, 0.29) is 11.8 Å². The van der Waals surface area contributed by atoms with Gasteiger partial charge in [0, 0.05) is 5.56 Å². The number of pyridine rings is 1. The van der Waals surface area contributed by atoms with E-state index in [9.17, 15) is 13.2 Å². The molecule has 8 heteroatoms. The van der Waals surface area contributed by atoms with Gasteiger partial charge in [-0.1, -0.05) is 0 Å². The van der Waals surface area contributed by atoms with Gasteiger partial charge in [-0.3, -0.25) is 0 Å². The summed E-state index contributed by atoms with van der Waals surface area (Å²) in [5.74, 6) is -4.41. The number of halogens is 3. The van der Waals surface area contributed by atoms with Crippen LogP contribution in [-0.4, -0.2) is 15.2 Å². The maximum Gasteiger partial charge on any atom is 0.252 e. The minimum atomic E-state index is -1.55. The number of nitrogens with zero attached hydrogens (tertiary/aromatic N) is 4. The fourth-order valence-corrected chi connectivity index (χ4v) is 1.73. The molecule has 3 aromatic rings. The normalized spacial score (nSPS) is 10.5. The molecule has 0 saturated carbocycles. The Labute approximate surface area is 121 Å². The highest BCUT2D eigenvalue weighted by molar-refractivity contribution is 5.58. The minimum absolute atomic E-state index is 0.0450. The average Bonchev–Trinajstić information content (AvgIpc) is 3.00. The van der Waals surface area contributed by atoms with Crippen molar-refractivity contribution in [1.82, 2.24) is 15.2 Å². The van der Waals surface area contributed by atoms with Crippen LogP contribution in [0.1, 0.15) is 5.56 Å². The van der Waals surface area contributed by atoms with Crippen LogP contribution >= 0.6 is 0 Å². The van der Waals surface area contributed by atoms with Gasteiger partial charge in [0.15, 0.2) is 5.82 Å². The Morgan fingerprint density at radius 3 is 2.32 bits per heavy atom. The van der Waals surface area contributed by atoms with E-state index in [0.717, 1.165) is 0 Å². The van der Waals surface area contributed by atoms with E-state index in [1.54, 1.807) is 24.3 Å². The van der Waals surface area contributed by atoms with Crippen LogP contribution < -0.4 is 0 Å². The SMILES string of the molecule is N#Cc1ccc(-c2nnc(-c3cc(F)c(F)nc3F)o2)cc1. The molecule has 0 amide bonds. The first-order valence-corrected chi connectivity index (χ1v) is 5.94. The summed E-state index contributed by atoms with van der Waals surface area (Å²) >= 11 is 0. The van der Waals surface area contributed by atoms with Crippen LogP contribution in [0.3, 0.4) is 0 Å². The van der Waals surface area contributed by atoms with Crippen LogP contribution in [0.4, 0.5) is 13.2 Å². The fourth-order valence-electron chi connectivity index (χ4n) is 1.73. The quantitative estimate of drug-likeness (QED) is 0.680. The number of hydrogen-bond donors (Lipinski definition) is 0. The summed E-state index contributed by atoms with van der Waals surface area (Å²) in [4.78, 5) is 2.78. The second-order valence-corrected chi connectivity index (χ2v) is 4.20. The molecule has 5 nitrogen and oxygen atoms in total. The molecule has 22 heavy (non-hydrogen) atoms. The predicted molar refractivity (Wildman–Crippen MR) is 67.6 cm³/mol. The molecule has 0 saturated heterocycles. The summed E-state index contributed by atoms with van der Waals surface area (Å²) in [5.41, 5.74) is 0.499. The van der Waals surface area contributed by atoms with Crippen LogP contribution in [0.25, 0.3) is 22.9 Å². The lowest BCUT2D eigenvalue weighted by Crippen LogP contribution is -1.97. The molecule has 0 spiro atoms. The van der Waals surface area contributed by atoms with Crippen molar-refractivity contribution >= 4 is 0 Å². The molecule has 3 rings (SSSR count). The Morgan fingerprint density at radius 1 is 0.955 bits per heavy atom. The van der Waals surface area contributed by atoms with Gasteiger partial charge in [-0.15, -0.1) is 10.2 Å². The topological polar surface area (TPSA) is 75.6 Å². The maximum atomic E-state index is 13.5. The Kier molecular flexibility index (Phi) is 3.31. The fraction of sp³-hybridized carbons (Fsp3) is 0. The Hall–Kier alpha value is -3.21. The zero-order valence-corrected chi connectivity index (χ0v) is 10.7. The van der Waals surface area contributed by atoms with Crippen molar-refractivity contribution in [2.75, 3.05) is 0 Å². The Balaban J connectivity index is 2.00. The number of aromatic nitrogens is 3. The van der Waals surface area contributed by atoms with Gasteiger partial charge < -0.3 is 4.42 Å². The smallest absolute Gasteiger partial charge is 0.252 e. The van der Waals surface area contributed by atoms with Crippen molar-refractivity contribution in [2.45, 2.75) is 0 Å². The van der Waals surface area contributed by atoms with Gasteiger partial charge in [0.25, 0.3) is 11.8 Å². The van der Waals surface area contributed by atoms with E-state index in [4.69, 9.17) is 9.68 Å². The highest BCUT2D eigenvalue weighted by Gasteiger charge is 2.18. The third kappa shape index (κ3) is 2.40. The molecule has 0 atom stereocenters. The predicted octanol–water partition coefficient (Wildman–Crippen LogP) is 3.09. The van der Waals surface area contributed by atoms with Gasteiger partial charge in [-0.05, 0) is 30.3 Å². The monoisotopic (exact) mass is 302 g/mol. The first-order chi connectivity index (χ1) is 10.6. The molecular formula is C14H5F3N4O. The molecule has 2 aromatic heterocycles. The summed E-state index contributed by atoms with van der Waals surface area (Å²) < 4.78 is 44.7. The highest BCUT2D eigenvalue weighted by atomic mass is 19.2. The van der Waals surface area contributed by atoms with E-state index in [0.29, 0.717) is 17.2 Å². The van der Waals surface area contributed by atoms with Gasteiger partial charge in [0.05, 0.1) is 17.2 Å². The first-order valence-electron chi connectivity index (χ1n) is 5.94. The van der Waals surface area contributed by atoms with Gasteiger partial charge in [-0.2, -0.15) is 19.0 Å². The Morgan fingerprint density at radius 2 is 1.64 bits per heavy atom. The second kappa shape index (κ2) is 5.29. The van der Waals surface area contributed by atoms with Crippen molar-refractivity contribution in [1.29, 1.82) is 5.26 Å². The lowest BCUT2D eigenvalue weighted by Gasteiger charge is -1.98. The average molecular weight is 302 g/mol. The number of hydrogen-bond acceptors (Lipinski definition) is 5. The van der Waals surface area contributed by atoms with Crippen molar-refractivity contribution < 1.29 is 17.6 Å². The standard InChI is InChI=1S/C14H5F3N4O/c15-10-5-9(11(16)19-12(10)17)14-21-20-13(22-14)8-3-1-7(6-18)2-4-8/h1-5H. The summed E-state index contributed by atoms with van der Waals surface area (Å²) in [6.07, 6.45) is 0. The van der Waals surface area contributed by atoms with Crippen LogP contribution in [-0.2, 0) is 0 Å². The number of rotatable bonds is 2. The summed E-state index contributed by atoms with van der Waals surface area (Å²) in [7, 11) is 0. The molecule has 108 valence electrons. The number of nitriles is 1. The van der Waals surface area contributed by atoms with Crippen LogP contribution in [0.5, 0.6) is 0 Å². The highest BCUT2D eigenvalue weighted by Crippen LogP contribution is 2.26. The molecular weight excluding hydrogens is 297 g/mol. The molecule has 0 aliphatic heterocycles. The van der Waals surface area contributed by atoms with Crippen molar-refractivity contribution in [3.8, 4) is 29.0 Å². The number of benzene rings is 1. The van der Waals surface area contributed by atoms with E-state index in [1.807, 2.05) is 6.07 Å². The molecule has 0 aliphatic carbocycles. The van der Waals surface area contributed by atoms with Crippen molar-refractivity contribution in [3.05, 3.63) is 53.6 Å². The van der Waals surface area contributed by atoms with Gasteiger partial charge in [0.2, 0.25) is 11.8 Å². The third-order valence-electron chi connectivity index (χ3n) is 2.80. The molecule has 0 aliphatic rings. The zero-order chi connectivity index (χ0) is 15.7. The van der Waals surface area contributed by atoms with Gasteiger partial charge in [0.1, 0.15) is 0 Å². The molecule has 0 unspecified atom stereocenters. The molecule has 0 fully saturated rings. The van der Waals surface area contributed by atoms with Gasteiger partial charge >= 0.3 is 0 Å². The molecule has 1 aromatic carbocycles. The third-order valence-corrected chi connectivity index (χ3v) is 2.80. The van der Waals surface area contributed by atoms with Crippen LogP contribution in [0, 0.1) is 29.0 Å². The summed E-state index contributed by atoms with van der Waals surface area (Å²) in [6, 6.07) is 8.76. The van der Waals surface area contributed by atoms with E-state index < -0.39 is 23.3 Å². The van der Waals surface area contributed by atoms with Crippen LogP contribution in [0.2, 0.25) is 0 Å². The van der Waals surface area contributed by atoms with Crippen molar-refractivity contribution in [2.24, 2.45) is 0 Å². The second-order valence-electron chi connectivity index (χ2n) is 4.20. The molecule has 0 bridgehead atoms. The zero-order valence-electron chi connectivity index (χ0n) is 10.7. The van der Waals surface area contributed by atoms with Crippen molar-refractivity contribution in [3.63, 3.8) is 0 Å². The first kappa shape index (κ1) is 13.8. The maximum absolute atomic E-state index is 13.5. The Bertz CT molecular complexity index is 884. The van der Waals surface area contributed by atoms with Gasteiger partial charge in [-0.25, -0.2) is 4.39 Å². The van der Waals surface area contributed by atoms with Crippen LogP contribution in [0.15, 0.2) is 34.7 Å². The molecule has 0 radical (unpaired) electrons. The molecule has 0 N–H and O–H groups in total. The van der Waals surface area contributed by atoms with E-state index in [2.05, 4.69) is 15.2 Å². The minimum Gasteiger partial charge on any atom is -0.416 e. The molecule has 2 heterocycles. The summed E-state index contributed by atoms with van der Waals surface area (Å²) in [5, 5.41) is 16.0.